The van der Waals surface area contributed by atoms with Gasteiger partial charge in [-0.15, -0.1) is 0 Å². The van der Waals surface area contributed by atoms with Gasteiger partial charge in [0.2, 0.25) is 0 Å². The van der Waals surface area contributed by atoms with Crippen molar-refractivity contribution in [2.45, 2.75) is 45.6 Å². The summed E-state index contributed by atoms with van der Waals surface area (Å²) in [6.45, 7) is 2.95. The number of aromatic nitrogens is 5. The van der Waals surface area contributed by atoms with Crippen molar-refractivity contribution in [3.05, 3.63) is 42.2 Å². The van der Waals surface area contributed by atoms with E-state index in [1.54, 1.807) is 0 Å². The van der Waals surface area contributed by atoms with Crippen molar-refractivity contribution in [3.8, 4) is 11.4 Å². The molecule has 4 heterocycles. The van der Waals surface area contributed by atoms with Crippen molar-refractivity contribution in [1.29, 1.82) is 0 Å². The number of rotatable bonds is 5. The number of hydrogen-bond acceptors (Lipinski definition) is 4. The van der Waals surface area contributed by atoms with E-state index in [1.165, 1.54) is 37.9 Å². The maximum Gasteiger partial charge on any atom is 0.164 e. The predicted molar refractivity (Wildman–Crippen MR) is 121 cm³/mol. The van der Waals surface area contributed by atoms with Crippen LogP contribution in [0.3, 0.4) is 0 Å². The van der Waals surface area contributed by atoms with E-state index in [0.29, 0.717) is 35.2 Å². The van der Waals surface area contributed by atoms with Gasteiger partial charge in [-0.3, -0.25) is 0 Å². The molecule has 3 aliphatic carbocycles. The summed E-state index contributed by atoms with van der Waals surface area (Å²) >= 11 is 0. The first-order valence-corrected chi connectivity index (χ1v) is 11.7. The first-order chi connectivity index (χ1) is 15.6. The molecule has 3 fully saturated rings. The van der Waals surface area contributed by atoms with Crippen molar-refractivity contribution in [1.82, 2.24) is 24.5 Å². The minimum Gasteiger partial charge on any atom is -0.395 e. The van der Waals surface area contributed by atoms with Gasteiger partial charge in [-0.1, -0.05) is 6.92 Å². The Bertz CT molecular complexity index is 1280. The first kappa shape index (κ1) is 19.9. The molecule has 3 saturated carbocycles. The van der Waals surface area contributed by atoms with Gasteiger partial charge in [0.1, 0.15) is 17.1 Å². The summed E-state index contributed by atoms with van der Waals surface area (Å²) < 4.78 is 15.9. The van der Waals surface area contributed by atoms with E-state index in [1.807, 2.05) is 17.0 Å². The summed E-state index contributed by atoms with van der Waals surface area (Å²) in [6.07, 6.45) is 11.3. The van der Waals surface area contributed by atoms with Crippen molar-refractivity contribution in [2.24, 2.45) is 23.7 Å². The normalized spacial score (nSPS) is 25.2. The summed E-state index contributed by atoms with van der Waals surface area (Å²) in [6, 6.07) is 3.56. The molecule has 6 nitrogen and oxygen atoms in total. The zero-order valence-electron chi connectivity index (χ0n) is 18.3. The lowest BCUT2D eigenvalue weighted by molar-refractivity contribution is 0.0341. The van der Waals surface area contributed by atoms with Gasteiger partial charge in [-0.05, 0) is 67.9 Å². The Kier molecular flexibility index (Phi) is 4.75. The Morgan fingerprint density at radius 2 is 1.97 bits per heavy atom. The number of aliphatic hydroxyl groups is 1. The molecule has 0 spiro atoms. The summed E-state index contributed by atoms with van der Waals surface area (Å²) in [7, 11) is 0. The van der Waals surface area contributed by atoms with E-state index >= 15 is 0 Å². The second-order valence-electron chi connectivity index (χ2n) is 9.62. The molecule has 4 aromatic rings. The highest BCUT2D eigenvalue weighted by molar-refractivity contribution is 5.93. The summed E-state index contributed by atoms with van der Waals surface area (Å²) in [5.74, 6) is 3.16. The second kappa shape index (κ2) is 7.66. The minimum atomic E-state index is -0.379. The number of nitrogens with zero attached hydrogens (tertiary/aromatic N) is 4. The molecule has 4 aromatic heterocycles. The lowest BCUT2D eigenvalue weighted by Gasteiger charge is -2.47. The third-order valence-corrected chi connectivity index (χ3v) is 8.05. The van der Waals surface area contributed by atoms with Crippen LogP contribution in [-0.2, 0) is 13.0 Å². The van der Waals surface area contributed by atoms with Crippen LogP contribution in [0, 0.1) is 29.5 Å². The van der Waals surface area contributed by atoms with Crippen LogP contribution in [0.1, 0.15) is 38.3 Å². The predicted octanol–water partition coefficient (Wildman–Crippen LogP) is 4.72. The van der Waals surface area contributed by atoms with Crippen molar-refractivity contribution in [3.63, 3.8) is 0 Å². The minimum absolute atomic E-state index is 0.0457. The van der Waals surface area contributed by atoms with Gasteiger partial charge in [-0.2, -0.15) is 0 Å². The fourth-order valence-corrected chi connectivity index (χ4v) is 6.31. The van der Waals surface area contributed by atoms with E-state index < -0.39 is 0 Å². The molecule has 2 N–H and O–H groups in total. The van der Waals surface area contributed by atoms with Crippen LogP contribution in [0.2, 0.25) is 0 Å². The van der Waals surface area contributed by atoms with Gasteiger partial charge < -0.3 is 14.7 Å². The standard InChI is InChI=1S/C25H28FN5O/c1-14-15-2-4-16(5-3-15)19(14)11-22-18-6-7-31(8-9-32)25(18)30-24(29-22)21-13-28-23-20(21)10-17(26)12-27-23/h6-7,10,12-16,19,32H,2-5,8-9,11H2,1H3,(H,27,28). The number of fused-ring (bicyclic) bond motifs is 5. The zero-order valence-corrected chi connectivity index (χ0v) is 18.3. The fraction of sp³-hybridized carbons (Fsp3) is 0.480. The SMILES string of the molecule is CC1C2CCC(CC2)C1Cc1nc(-c2c[nH]c3ncc(F)cc23)nc2c1ccn2CCO. The lowest BCUT2D eigenvalue weighted by atomic mass is 9.58. The number of aromatic amines is 1. The number of hydrogen-bond donors (Lipinski definition) is 2. The number of H-pyrrole nitrogens is 1. The van der Waals surface area contributed by atoms with E-state index in [4.69, 9.17) is 9.97 Å². The Morgan fingerprint density at radius 1 is 1.16 bits per heavy atom. The zero-order chi connectivity index (χ0) is 21.8. The Morgan fingerprint density at radius 3 is 2.75 bits per heavy atom. The molecule has 0 aliphatic heterocycles. The highest BCUT2D eigenvalue weighted by Gasteiger charge is 2.41. The topological polar surface area (TPSA) is 79.6 Å². The average molecular weight is 434 g/mol. The van der Waals surface area contributed by atoms with Crippen LogP contribution in [0.5, 0.6) is 0 Å². The van der Waals surface area contributed by atoms with E-state index in [9.17, 15) is 9.50 Å². The monoisotopic (exact) mass is 433 g/mol. The van der Waals surface area contributed by atoms with E-state index in [2.05, 4.69) is 23.0 Å². The summed E-state index contributed by atoms with van der Waals surface area (Å²) in [5, 5.41) is 11.3. The summed E-state index contributed by atoms with van der Waals surface area (Å²) in [4.78, 5) is 17.2. The lowest BCUT2D eigenvalue weighted by Crippen LogP contribution is -2.39. The van der Waals surface area contributed by atoms with Crippen LogP contribution < -0.4 is 0 Å². The smallest absolute Gasteiger partial charge is 0.164 e. The average Bonchev–Trinajstić information content (AvgIpc) is 3.41. The molecule has 0 saturated heterocycles. The number of nitrogens with one attached hydrogen (secondary N) is 1. The number of aliphatic hydroxyl groups excluding tert-OH is 1. The Hall–Kier alpha value is -2.80. The molecular formula is C25H28FN5O. The highest BCUT2D eigenvalue weighted by atomic mass is 19.1. The molecule has 0 aromatic carbocycles. The van der Waals surface area contributed by atoms with Crippen molar-refractivity contribution in [2.75, 3.05) is 6.61 Å². The molecule has 2 atom stereocenters. The fourth-order valence-electron chi connectivity index (χ4n) is 6.31. The van der Waals surface area contributed by atoms with Crippen LogP contribution in [-0.4, -0.2) is 36.2 Å². The van der Waals surface area contributed by atoms with Crippen LogP contribution >= 0.6 is 0 Å². The highest BCUT2D eigenvalue weighted by Crippen LogP contribution is 2.50. The van der Waals surface area contributed by atoms with Gasteiger partial charge in [-0.25, -0.2) is 19.3 Å². The first-order valence-electron chi connectivity index (χ1n) is 11.7. The van der Waals surface area contributed by atoms with E-state index in [-0.39, 0.29) is 12.4 Å². The molecule has 166 valence electrons. The molecule has 2 unspecified atom stereocenters. The van der Waals surface area contributed by atoms with Crippen LogP contribution in [0.15, 0.2) is 30.7 Å². The molecule has 7 heteroatoms. The van der Waals surface area contributed by atoms with Gasteiger partial charge in [0.05, 0.1) is 18.5 Å². The molecule has 7 rings (SSSR count). The number of halogens is 1. The van der Waals surface area contributed by atoms with Gasteiger partial charge in [0.25, 0.3) is 0 Å². The molecule has 2 bridgehead atoms. The molecule has 0 radical (unpaired) electrons. The third-order valence-electron chi connectivity index (χ3n) is 8.05. The van der Waals surface area contributed by atoms with E-state index in [0.717, 1.165) is 40.5 Å². The van der Waals surface area contributed by atoms with Crippen LogP contribution in [0.25, 0.3) is 33.5 Å². The van der Waals surface area contributed by atoms with Crippen molar-refractivity contribution < 1.29 is 9.50 Å². The van der Waals surface area contributed by atoms with Gasteiger partial charge >= 0.3 is 0 Å². The quantitative estimate of drug-likeness (QED) is 0.477. The third kappa shape index (κ3) is 3.13. The Balaban J connectivity index is 1.49. The number of pyridine rings is 1. The van der Waals surface area contributed by atoms with Gasteiger partial charge in [0.15, 0.2) is 5.82 Å². The summed E-state index contributed by atoms with van der Waals surface area (Å²) in [5.41, 5.74) is 3.26. The van der Waals surface area contributed by atoms with Gasteiger partial charge in [0, 0.05) is 35.3 Å². The Labute approximate surface area is 185 Å². The molecule has 0 amide bonds. The molecular weight excluding hydrogens is 405 g/mol. The second-order valence-corrected chi connectivity index (χ2v) is 9.62. The largest absolute Gasteiger partial charge is 0.395 e. The molecule has 3 aliphatic rings. The maximum atomic E-state index is 13.9. The molecule has 32 heavy (non-hydrogen) atoms. The van der Waals surface area contributed by atoms with Crippen LogP contribution in [0.4, 0.5) is 4.39 Å². The van der Waals surface area contributed by atoms with Crippen molar-refractivity contribution >= 4 is 22.1 Å². The maximum absolute atomic E-state index is 13.9.